The highest BCUT2D eigenvalue weighted by molar-refractivity contribution is 7.99. The molecule has 0 radical (unpaired) electrons. The van der Waals surface area contributed by atoms with Crippen molar-refractivity contribution in [2.75, 3.05) is 18.2 Å². The highest BCUT2D eigenvalue weighted by Gasteiger charge is 2.16. The van der Waals surface area contributed by atoms with Crippen molar-refractivity contribution in [3.05, 3.63) is 52.5 Å². The number of carbonyl (C=O) groups excluding carboxylic acids is 1. The number of methoxy groups -OCH3 is 1. The first-order valence-electron chi connectivity index (χ1n) is 10.1. The van der Waals surface area contributed by atoms with Crippen molar-refractivity contribution in [3.63, 3.8) is 0 Å². The first kappa shape index (κ1) is 21.3. The molecule has 1 amide bonds. The van der Waals surface area contributed by atoms with Gasteiger partial charge in [0.2, 0.25) is 5.91 Å². The van der Waals surface area contributed by atoms with Crippen molar-refractivity contribution in [3.8, 4) is 23.1 Å². The van der Waals surface area contributed by atoms with Crippen molar-refractivity contribution in [2.45, 2.75) is 37.1 Å². The van der Waals surface area contributed by atoms with E-state index < -0.39 is 0 Å². The van der Waals surface area contributed by atoms with Crippen molar-refractivity contribution in [1.29, 1.82) is 5.26 Å². The van der Waals surface area contributed by atoms with Gasteiger partial charge in [0, 0.05) is 28.8 Å². The molecule has 1 N–H and O–H groups in total. The molecule has 3 aromatic rings. The van der Waals surface area contributed by atoms with Crippen molar-refractivity contribution in [1.82, 2.24) is 9.97 Å². The number of carbonyl (C=O) groups is 1. The second-order valence-corrected chi connectivity index (χ2v) is 9.09. The summed E-state index contributed by atoms with van der Waals surface area (Å²) in [6, 6.07) is 11.9. The summed E-state index contributed by atoms with van der Waals surface area (Å²) in [7, 11) is 1.63. The Morgan fingerprint density at radius 1 is 1.29 bits per heavy atom. The zero-order valence-corrected chi connectivity index (χ0v) is 18.8. The minimum Gasteiger partial charge on any atom is -0.496 e. The lowest BCUT2D eigenvalue weighted by Crippen LogP contribution is -2.12. The maximum Gasteiger partial charge on any atom is 0.226 e. The Labute approximate surface area is 189 Å². The third-order valence-electron chi connectivity index (χ3n) is 5.09. The summed E-state index contributed by atoms with van der Waals surface area (Å²) in [6.07, 6.45) is 4.57. The van der Waals surface area contributed by atoms with Crippen LogP contribution in [0.4, 0.5) is 5.13 Å². The van der Waals surface area contributed by atoms with Crippen LogP contribution in [-0.4, -0.2) is 28.7 Å². The lowest BCUT2D eigenvalue weighted by Gasteiger charge is -2.16. The summed E-state index contributed by atoms with van der Waals surface area (Å²) in [5.41, 5.74) is 4.56. The average Bonchev–Trinajstić information content (AvgIpc) is 3.26. The zero-order valence-electron chi connectivity index (χ0n) is 17.2. The number of hydrogen-bond acceptors (Lipinski definition) is 7. The molecule has 2 aromatic heterocycles. The Morgan fingerprint density at radius 2 is 2.13 bits per heavy atom. The Kier molecular flexibility index (Phi) is 6.85. The third-order valence-corrected chi connectivity index (χ3v) is 6.84. The molecule has 0 bridgehead atoms. The van der Waals surface area contributed by atoms with Crippen LogP contribution < -0.4 is 10.1 Å². The standard InChI is InChI=1S/C23H22N4O2S2/c1-29-20-9-5-3-7-17(20)19-14-31-23(26-19)27-21(28)10-11-30-22-16(13-24)12-15-6-2-4-8-18(15)25-22/h3,5,7,9,12,14H,2,4,6,8,10-11H2,1H3,(H,26,27,28). The van der Waals surface area contributed by atoms with Gasteiger partial charge in [0.25, 0.3) is 0 Å². The second kappa shape index (κ2) is 9.94. The minimum atomic E-state index is -0.107. The lowest BCUT2D eigenvalue weighted by molar-refractivity contribution is -0.115. The van der Waals surface area contributed by atoms with Crippen LogP contribution in [0, 0.1) is 11.3 Å². The van der Waals surface area contributed by atoms with Gasteiger partial charge in [-0.15, -0.1) is 23.1 Å². The van der Waals surface area contributed by atoms with Gasteiger partial charge in [-0.2, -0.15) is 5.26 Å². The molecule has 0 spiro atoms. The summed E-state index contributed by atoms with van der Waals surface area (Å²) < 4.78 is 5.38. The first-order valence-corrected chi connectivity index (χ1v) is 12.0. The molecule has 0 fully saturated rings. The SMILES string of the molecule is COc1ccccc1-c1csc(NC(=O)CCSc2nc3c(cc2C#N)CCCC3)n1. The van der Waals surface area contributed by atoms with Gasteiger partial charge in [-0.05, 0) is 49.4 Å². The van der Waals surface area contributed by atoms with E-state index in [0.717, 1.165) is 53.4 Å². The topological polar surface area (TPSA) is 87.9 Å². The lowest BCUT2D eigenvalue weighted by atomic mass is 9.95. The predicted octanol–water partition coefficient (Wildman–Crippen LogP) is 5.09. The van der Waals surface area contributed by atoms with E-state index >= 15 is 0 Å². The summed E-state index contributed by atoms with van der Waals surface area (Å²) in [4.78, 5) is 21.6. The molecule has 31 heavy (non-hydrogen) atoms. The normalized spacial score (nSPS) is 12.6. The fourth-order valence-electron chi connectivity index (χ4n) is 3.54. The van der Waals surface area contributed by atoms with Gasteiger partial charge in [-0.1, -0.05) is 12.1 Å². The molecule has 158 valence electrons. The van der Waals surface area contributed by atoms with E-state index in [0.29, 0.717) is 22.9 Å². The average molecular weight is 451 g/mol. The fraction of sp³-hybridized carbons (Fsp3) is 0.304. The molecule has 8 heteroatoms. The van der Waals surface area contributed by atoms with Crippen LogP contribution in [-0.2, 0) is 17.6 Å². The number of rotatable bonds is 7. The van der Waals surface area contributed by atoms with E-state index in [1.807, 2.05) is 35.7 Å². The zero-order chi connectivity index (χ0) is 21.6. The number of ether oxygens (including phenoxy) is 1. The summed E-state index contributed by atoms with van der Waals surface area (Å²) in [6.45, 7) is 0. The smallest absolute Gasteiger partial charge is 0.226 e. The Hall–Kier alpha value is -2.89. The predicted molar refractivity (Wildman–Crippen MR) is 124 cm³/mol. The van der Waals surface area contributed by atoms with E-state index in [1.165, 1.54) is 28.7 Å². The maximum atomic E-state index is 12.4. The number of thiazole rings is 1. The van der Waals surface area contributed by atoms with Crippen LogP contribution in [0.25, 0.3) is 11.3 Å². The number of nitrogens with one attached hydrogen (secondary N) is 1. The number of amides is 1. The monoisotopic (exact) mass is 450 g/mol. The number of aromatic nitrogens is 2. The highest BCUT2D eigenvalue weighted by atomic mass is 32.2. The number of nitriles is 1. The second-order valence-electron chi connectivity index (χ2n) is 7.15. The molecule has 1 aliphatic carbocycles. The molecule has 0 aliphatic heterocycles. The Morgan fingerprint density at radius 3 is 2.97 bits per heavy atom. The number of para-hydroxylation sites is 1. The van der Waals surface area contributed by atoms with Gasteiger partial charge in [0.05, 0.1) is 18.4 Å². The molecule has 0 saturated heterocycles. The summed E-state index contributed by atoms with van der Waals surface area (Å²) >= 11 is 2.84. The van der Waals surface area contributed by atoms with Crippen LogP contribution in [0.3, 0.4) is 0 Å². The van der Waals surface area contributed by atoms with Gasteiger partial charge in [0.15, 0.2) is 5.13 Å². The summed E-state index contributed by atoms with van der Waals surface area (Å²) in [5.74, 6) is 1.19. The molecule has 4 rings (SSSR count). The van der Waals surface area contributed by atoms with Crippen molar-refractivity contribution < 1.29 is 9.53 Å². The quantitative estimate of drug-likeness (QED) is 0.505. The van der Waals surface area contributed by atoms with Crippen LogP contribution in [0.2, 0.25) is 0 Å². The van der Waals surface area contributed by atoms with Crippen LogP contribution in [0.1, 0.15) is 36.1 Å². The van der Waals surface area contributed by atoms with E-state index in [9.17, 15) is 10.1 Å². The van der Waals surface area contributed by atoms with E-state index in [1.54, 1.807) is 7.11 Å². The van der Waals surface area contributed by atoms with Crippen molar-refractivity contribution >= 4 is 34.1 Å². The number of aryl methyl sites for hydroxylation is 2. The fourth-order valence-corrected chi connectivity index (χ4v) is 5.18. The Bertz CT molecular complexity index is 1140. The van der Waals surface area contributed by atoms with Crippen LogP contribution in [0.5, 0.6) is 5.75 Å². The number of benzene rings is 1. The number of pyridine rings is 1. The maximum absolute atomic E-state index is 12.4. The van der Waals surface area contributed by atoms with E-state index in [4.69, 9.17) is 9.72 Å². The Balaban J connectivity index is 1.34. The van der Waals surface area contributed by atoms with Gasteiger partial charge in [0.1, 0.15) is 16.8 Å². The molecule has 6 nitrogen and oxygen atoms in total. The van der Waals surface area contributed by atoms with Gasteiger partial charge >= 0.3 is 0 Å². The highest BCUT2D eigenvalue weighted by Crippen LogP contribution is 2.32. The molecule has 1 aromatic carbocycles. The number of nitrogens with zero attached hydrogens (tertiary/aromatic N) is 3. The minimum absolute atomic E-state index is 0.107. The number of thioether (sulfide) groups is 1. The van der Waals surface area contributed by atoms with E-state index in [-0.39, 0.29) is 5.91 Å². The van der Waals surface area contributed by atoms with Gasteiger partial charge in [-0.3, -0.25) is 4.79 Å². The van der Waals surface area contributed by atoms with Gasteiger partial charge in [-0.25, -0.2) is 9.97 Å². The third kappa shape index (κ3) is 5.06. The molecule has 1 aliphatic rings. The number of fused-ring (bicyclic) bond motifs is 1. The van der Waals surface area contributed by atoms with Crippen LogP contribution >= 0.6 is 23.1 Å². The van der Waals surface area contributed by atoms with Crippen molar-refractivity contribution in [2.24, 2.45) is 0 Å². The molecule has 0 atom stereocenters. The first-order chi connectivity index (χ1) is 15.2. The number of anilines is 1. The largest absolute Gasteiger partial charge is 0.496 e. The molecule has 2 heterocycles. The summed E-state index contributed by atoms with van der Waals surface area (Å²) in [5, 5.41) is 15.5. The molecule has 0 saturated carbocycles. The van der Waals surface area contributed by atoms with Gasteiger partial charge < -0.3 is 10.1 Å². The molecule has 0 unspecified atom stereocenters. The number of hydrogen-bond donors (Lipinski definition) is 1. The molecular weight excluding hydrogens is 428 g/mol. The van der Waals surface area contributed by atoms with E-state index in [2.05, 4.69) is 16.4 Å². The molecular formula is C23H22N4O2S2. The van der Waals surface area contributed by atoms with Crippen LogP contribution in [0.15, 0.2) is 40.7 Å².